The van der Waals surface area contributed by atoms with Crippen LogP contribution in [0.25, 0.3) is 5.69 Å². The van der Waals surface area contributed by atoms with Crippen molar-refractivity contribution in [2.24, 2.45) is 0 Å². The van der Waals surface area contributed by atoms with Crippen LogP contribution in [0.2, 0.25) is 0 Å². The molecule has 1 aromatic carbocycles. The van der Waals surface area contributed by atoms with Crippen LogP contribution >= 0.6 is 0 Å². The quantitative estimate of drug-likeness (QED) is 0.815. The number of methoxy groups -OCH3 is 1. The highest BCUT2D eigenvalue weighted by molar-refractivity contribution is 5.38. The molecule has 0 bridgehead atoms. The maximum Gasteiger partial charge on any atom is 0.275 e. The Kier molecular flexibility index (Phi) is 2.59. The summed E-state index contributed by atoms with van der Waals surface area (Å²) in [5, 5.41) is 12.9. The van der Waals surface area contributed by atoms with Crippen LogP contribution < -0.4 is 10.3 Å². The summed E-state index contributed by atoms with van der Waals surface area (Å²) in [7, 11) is 1.55. The molecule has 5 heteroatoms. The van der Waals surface area contributed by atoms with E-state index >= 15 is 0 Å². The first-order valence-corrected chi connectivity index (χ1v) is 4.63. The average Bonchev–Trinajstić information content (AvgIpc) is 2.29. The predicted octanol–water partition coefficient (Wildman–Crippen LogP) is 0.947. The van der Waals surface area contributed by atoms with Crippen molar-refractivity contribution in [2.75, 3.05) is 7.11 Å². The van der Waals surface area contributed by atoms with Gasteiger partial charge in [0.2, 0.25) is 0 Å². The highest BCUT2D eigenvalue weighted by Crippen LogP contribution is 2.14. The minimum absolute atomic E-state index is 0.149. The van der Waals surface area contributed by atoms with Crippen molar-refractivity contribution in [3.63, 3.8) is 0 Å². The molecule has 1 heterocycles. The molecule has 0 unspecified atom stereocenters. The Balaban J connectivity index is 2.54. The molecule has 1 N–H and O–H groups in total. The summed E-state index contributed by atoms with van der Waals surface area (Å²) < 4.78 is 6.23. The lowest BCUT2D eigenvalue weighted by atomic mass is 10.3. The third-order valence-corrected chi connectivity index (χ3v) is 2.08. The topological polar surface area (TPSA) is 64.3 Å². The number of rotatable bonds is 2. The van der Waals surface area contributed by atoms with Gasteiger partial charge in [0.15, 0.2) is 0 Å². The molecule has 0 fully saturated rings. The van der Waals surface area contributed by atoms with E-state index in [-0.39, 0.29) is 5.75 Å². The van der Waals surface area contributed by atoms with E-state index in [4.69, 9.17) is 9.84 Å². The zero-order chi connectivity index (χ0) is 11.5. The number of hydrogen-bond donors (Lipinski definition) is 1. The number of aromatic nitrogens is 2. The zero-order valence-electron chi connectivity index (χ0n) is 8.62. The van der Waals surface area contributed by atoms with Crippen molar-refractivity contribution >= 4 is 0 Å². The summed E-state index contributed by atoms with van der Waals surface area (Å²) in [5.41, 5.74) is 0.192. The molecule has 0 saturated carbocycles. The Hall–Kier alpha value is -2.30. The van der Waals surface area contributed by atoms with Crippen molar-refractivity contribution in [3.8, 4) is 17.2 Å². The van der Waals surface area contributed by atoms with Crippen molar-refractivity contribution in [3.05, 3.63) is 46.9 Å². The van der Waals surface area contributed by atoms with Gasteiger partial charge in [0, 0.05) is 12.1 Å². The average molecular weight is 218 g/mol. The summed E-state index contributed by atoms with van der Waals surface area (Å²) in [6, 6.07) is 8.05. The molecule has 0 aliphatic heterocycles. The lowest BCUT2D eigenvalue weighted by Crippen LogP contribution is -2.19. The lowest BCUT2D eigenvalue weighted by molar-refractivity contribution is 0.414. The van der Waals surface area contributed by atoms with Gasteiger partial charge in [-0.2, -0.15) is 9.78 Å². The van der Waals surface area contributed by atoms with E-state index in [2.05, 4.69) is 5.10 Å². The second kappa shape index (κ2) is 4.06. The van der Waals surface area contributed by atoms with Crippen LogP contribution in [0.15, 0.2) is 41.3 Å². The fourth-order valence-electron chi connectivity index (χ4n) is 1.33. The van der Waals surface area contributed by atoms with E-state index in [1.807, 2.05) is 0 Å². The van der Waals surface area contributed by atoms with Gasteiger partial charge in [-0.05, 0) is 12.1 Å². The normalized spacial score (nSPS) is 10.1. The van der Waals surface area contributed by atoms with Gasteiger partial charge >= 0.3 is 0 Å². The van der Waals surface area contributed by atoms with Gasteiger partial charge in [0.05, 0.1) is 19.0 Å². The van der Waals surface area contributed by atoms with Crippen LogP contribution in [0, 0.1) is 0 Å². The van der Waals surface area contributed by atoms with Gasteiger partial charge in [-0.15, -0.1) is 0 Å². The Morgan fingerprint density at radius 1 is 1.38 bits per heavy atom. The largest absolute Gasteiger partial charge is 0.506 e. The molecule has 0 spiro atoms. The smallest absolute Gasteiger partial charge is 0.275 e. The first-order chi connectivity index (χ1) is 7.70. The Labute approximate surface area is 91.5 Å². The highest BCUT2D eigenvalue weighted by Gasteiger charge is 2.02. The molecular formula is C11H10N2O3. The molecule has 0 aliphatic rings. The number of benzene rings is 1. The second-order valence-corrected chi connectivity index (χ2v) is 3.17. The Morgan fingerprint density at radius 2 is 2.19 bits per heavy atom. The minimum atomic E-state index is -0.395. The monoisotopic (exact) mass is 218 g/mol. The van der Waals surface area contributed by atoms with E-state index < -0.39 is 5.56 Å². The van der Waals surface area contributed by atoms with E-state index in [1.54, 1.807) is 31.4 Å². The van der Waals surface area contributed by atoms with E-state index in [0.29, 0.717) is 11.4 Å². The lowest BCUT2D eigenvalue weighted by Gasteiger charge is -2.05. The van der Waals surface area contributed by atoms with Crippen LogP contribution in [-0.2, 0) is 0 Å². The van der Waals surface area contributed by atoms with Gasteiger partial charge in [-0.25, -0.2) is 0 Å². The molecule has 1 aromatic heterocycles. The Bertz CT molecular complexity index is 563. The van der Waals surface area contributed by atoms with E-state index in [0.717, 1.165) is 6.07 Å². The summed E-state index contributed by atoms with van der Waals surface area (Å²) >= 11 is 0. The third-order valence-electron chi connectivity index (χ3n) is 2.08. The molecule has 0 aliphatic carbocycles. The fourth-order valence-corrected chi connectivity index (χ4v) is 1.33. The minimum Gasteiger partial charge on any atom is -0.506 e. The van der Waals surface area contributed by atoms with Crippen LogP contribution in [-0.4, -0.2) is 22.0 Å². The van der Waals surface area contributed by atoms with Crippen LogP contribution in [0.5, 0.6) is 11.5 Å². The highest BCUT2D eigenvalue weighted by atomic mass is 16.5. The Morgan fingerprint density at radius 3 is 2.88 bits per heavy atom. The molecule has 5 nitrogen and oxygen atoms in total. The van der Waals surface area contributed by atoms with Gasteiger partial charge < -0.3 is 9.84 Å². The van der Waals surface area contributed by atoms with Gasteiger partial charge in [-0.3, -0.25) is 4.79 Å². The maximum absolute atomic E-state index is 11.5. The second-order valence-electron chi connectivity index (χ2n) is 3.17. The molecule has 0 saturated heterocycles. The number of nitrogens with zero attached hydrogens (tertiary/aromatic N) is 2. The molecule has 0 radical (unpaired) electrons. The van der Waals surface area contributed by atoms with Gasteiger partial charge in [-0.1, -0.05) is 6.07 Å². The standard InChI is InChI=1S/C11H10N2O3/c1-16-10-4-2-3-8(5-10)13-11(15)6-9(14)7-12-13/h2-7,14H,1H3. The predicted molar refractivity (Wildman–Crippen MR) is 58.1 cm³/mol. The van der Waals surface area contributed by atoms with Crippen molar-refractivity contribution < 1.29 is 9.84 Å². The van der Waals surface area contributed by atoms with Gasteiger partial charge in [0.25, 0.3) is 5.56 Å². The zero-order valence-corrected chi connectivity index (χ0v) is 8.62. The molecule has 16 heavy (non-hydrogen) atoms. The summed E-state index contributed by atoms with van der Waals surface area (Å²) in [4.78, 5) is 11.5. The number of ether oxygens (including phenoxy) is 1. The van der Waals surface area contributed by atoms with E-state index in [1.165, 1.54) is 10.9 Å². The van der Waals surface area contributed by atoms with Crippen molar-refractivity contribution in [1.82, 2.24) is 9.78 Å². The summed E-state index contributed by atoms with van der Waals surface area (Å²) in [6.45, 7) is 0. The number of hydrogen-bond acceptors (Lipinski definition) is 4. The van der Waals surface area contributed by atoms with Crippen LogP contribution in [0.4, 0.5) is 0 Å². The maximum atomic E-state index is 11.5. The molecular weight excluding hydrogens is 208 g/mol. The third kappa shape index (κ3) is 1.88. The van der Waals surface area contributed by atoms with Gasteiger partial charge in [0.1, 0.15) is 11.5 Å². The number of aromatic hydroxyl groups is 1. The van der Waals surface area contributed by atoms with E-state index in [9.17, 15) is 4.79 Å². The fraction of sp³-hybridized carbons (Fsp3) is 0.0909. The SMILES string of the molecule is COc1cccc(-n2ncc(O)cc2=O)c1. The van der Waals surface area contributed by atoms with Crippen LogP contribution in [0.3, 0.4) is 0 Å². The van der Waals surface area contributed by atoms with Crippen LogP contribution in [0.1, 0.15) is 0 Å². The first kappa shape index (κ1) is 10.2. The van der Waals surface area contributed by atoms with Crippen molar-refractivity contribution in [1.29, 1.82) is 0 Å². The summed E-state index contributed by atoms with van der Waals surface area (Å²) in [5.74, 6) is 0.489. The summed E-state index contributed by atoms with van der Waals surface area (Å²) in [6.07, 6.45) is 1.21. The molecule has 0 amide bonds. The first-order valence-electron chi connectivity index (χ1n) is 4.63. The molecule has 2 aromatic rings. The molecule has 0 atom stereocenters. The van der Waals surface area contributed by atoms with Crippen molar-refractivity contribution in [2.45, 2.75) is 0 Å². The molecule has 82 valence electrons. The molecule has 2 rings (SSSR count).